The van der Waals surface area contributed by atoms with Gasteiger partial charge in [-0.05, 0) is 31.5 Å². The van der Waals surface area contributed by atoms with Crippen molar-refractivity contribution in [3.05, 3.63) is 47.7 Å². The molecule has 1 aromatic heterocycles. The van der Waals surface area contributed by atoms with Gasteiger partial charge in [0.05, 0.1) is 12.7 Å². The average molecular weight is 401 g/mol. The van der Waals surface area contributed by atoms with Gasteiger partial charge in [-0.3, -0.25) is 4.99 Å². The fourth-order valence-corrected chi connectivity index (χ4v) is 2.44. The Morgan fingerprint density at radius 3 is 2.34 bits per heavy atom. The van der Waals surface area contributed by atoms with E-state index in [2.05, 4.69) is 52.0 Å². The Hall–Kier alpha value is -3.03. The first-order chi connectivity index (χ1) is 13.7. The maximum Gasteiger partial charge on any atom is 0.319 e. The molecule has 2 rings (SSSR count). The molecule has 0 fully saturated rings. The highest BCUT2D eigenvalue weighted by Gasteiger charge is 2.19. The number of nitrogens with zero attached hydrogens (tertiary/aromatic N) is 2. The molecule has 0 aliphatic carbocycles. The highest BCUT2D eigenvalue weighted by Crippen LogP contribution is 2.22. The topological polar surface area (TPSA) is 104 Å². The summed E-state index contributed by atoms with van der Waals surface area (Å²) in [4.78, 5) is 20.3. The minimum absolute atomic E-state index is 0.0678. The Morgan fingerprint density at radius 1 is 1.14 bits per heavy atom. The molecule has 1 aromatic carbocycles. The molecule has 0 unspecified atom stereocenters. The Balaban J connectivity index is 1.81. The van der Waals surface area contributed by atoms with Crippen LogP contribution in [0.5, 0.6) is 0 Å². The van der Waals surface area contributed by atoms with Crippen molar-refractivity contribution in [2.45, 2.75) is 59.2 Å². The summed E-state index contributed by atoms with van der Waals surface area (Å²) in [5, 5.41) is 12.0. The minimum Gasteiger partial charge on any atom is -0.443 e. The van der Waals surface area contributed by atoms with Gasteiger partial charge in [-0.25, -0.2) is 9.78 Å². The number of amides is 2. The number of aliphatic imine (C=N–C) groups is 1. The third-order valence-electron chi connectivity index (χ3n) is 4.01. The van der Waals surface area contributed by atoms with Crippen LogP contribution in [0.2, 0.25) is 0 Å². The SMILES string of the molecule is CN=C(NCc1ccc(NC(=O)NC(C)C)cc1)NCc1ncc(C(C)(C)C)o1. The normalized spacial score (nSPS) is 12.0. The van der Waals surface area contributed by atoms with Crippen molar-refractivity contribution in [3.8, 4) is 0 Å². The van der Waals surface area contributed by atoms with Gasteiger partial charge in [-0.2, -0.15) is 0 Å². The number of guanidine groups is 1. The first-order valence-corrected chi connectivity index (χ1v) is 9.73. The predicted octanol–water partition coefficient (Wildman–Crippen LogP) is 3.37. The summed E-state index contributed by atoms with van der Waals surface area (Å²) in [6.07, 6.45) is 1.77. The molecular formula is C21H32N6O2. The molecular weight excluding hydrogens is 368 g/mol. The van der Waals surface area contributed by atoms with Crippen LogP contribution < -0.4 is 21.3 Å². The third-order valence-corrected chi connectivity index (χ3v) is 4.01. The van der Waals surface area contributed by atoms with E-state index in [1.54, 1.807) is 13.2 Å². The van der Waals surface area contributed by atoms with Crippen LogP contribution in [-0.4, -0.2) is 30.1 Å². The zero-order chi connectivity index (χ0) is 21.4. The number of aromatic nitrogens is 1. The summed E-state index contributed by atoms with van der Waals surface area (Å²) in [5.74, 6) is 2.13. The van der Waals surface area contributed by atoms with E-state index >= 15 is 0 Å². The number of urea groups is 1. The second-order valence-electron chi connectivity index (χ2n) is 8.10. The van der Waals surface area contributed by atoms with Gasteiger partial charge >= 0.3 is 6.03 Å². The zero-order valence-corrected chi connectivity index (χ0v) is 18.1. The average Bonchev–Trinajstić information content (AvgIpc) is 3.12. The predicted molar refractivity (Wildman–Crippen MR) is 116 cm³/mol. The van der Waals surface area contributed by atoms with Crippen LogP contribution in [0.1, 0.15) is 51.8 Å². The first-order valence-electron chi connectivity index (χ1n) is 9.73. The smallest absolute Gasteiger partial charge is 0.319 e. The summed E-state index contributed by atoms with van der Waals surface area (Å²) in [6, 6.07) is 7.52. The number of oxazole rings is 1. The molecule has 0 aliphatic heterocycles. The lowest BCUT2D eigenvalue weighted by molar-refractivity contribution is 0.250. The van der Waals surface area contributed by atoms with Crippen LogP contribution >= 0.6 is 0 Å². The summed E-state index contributed by atoms with van der Waals surface area (Å²) >= 11 is 0. The molecule has 8 nitrogen and oxygen atoms in total. The summed E-state index contributed by atoms with van der Waals surface area (Å²) in [5.41, 5.74) is 1.74. The Bertz CT molecular complexity index is 818. The quantitative estimate of drug-likeness (QED) is 0.440. The first kappa shape index (κ1) is 22.3. The zero-order valence-electron chi connectivity index (χ0n) is 18.1. The Kier molecular flexibility index (Phi) is 7.64. The van der Waals surface area contributed by atoms with Crippen molar-refractivity contribution < 1.29 is 9.21 Å². The molecule has 0 saturated heterocycles. The van der Waals surface area contributed by atoms with E-state index in [0.29, 0.717) is 24.9 Å². The third kappa shape index (κ3) is 7.48. The van der Waals surface area contributed by atoms with E-state index in [0.717, 1.165) is 17.0 Å². The number of rotatable bonds is 6. The van der Waals surface area contributed by atoms with Crippen molar-refractivity contribution in [3.63, 3.8) is 0 Å². The van der Waals surface area contributed by atoms with Crippen LogP contribution in [0, 0.1) is 0 Å². The standard InChI is InChI=1S/C21H32N6O2/c1-14(2)26-20(28)27-16-9-7-15(8-10-16)11-24-19(22-6)25-13-18-23-12-17(29-18)21(3,4)5/h7-10,12,14H,11,13H2,1-6H3,(H2,22,24,25)(H2,26,27,28). The lowest BCUT2D eigenvalue weighted by Crippen LogP contribution is -2.36. The van der Waals surface area contributed by atoms with Crippen molar-refractivity contribution in [2.24, 2.45) is 4.99 Å². The molecule has 8 heteroatoms. The fraction of sp³-hybridized carbons (Fsp3) is 0.476. The van der Waals surface area contributed by atoms with Gasteiger partial charge < -0.3 is 25.7 Å². The van der Waals surface area contributed by atoms with E-state index in [9.17, 15) is 4.79 Å². The summed E-state index contributed by atoms with van der Waals surface area (Å²) in [6.45, 7) is 11.1. The second-order valence-corrected chi connectivity index (χ2v) is 8.10. The van der Waals surface area contributed by atoms with Crippen LogP contribution in [0.15, 0.2) is 39.9 Å². The van der Waals surface area contributed by atoms with E-state index in [1.165, 1.54) is 0 Å². The second kappa shape index (κ2) is 9.95. The molecule has 29 heavy (non-hydrogen) atoms. The number of carbonyl (C=O) groups excluding carboxylic acids is 1. The van der Waals surface area contributed by atoms with E-state index in [-0.39, 0.29) is 17.5 Å². The molecule has 4 N–H and O–H groups in total. The van der Waals surface area contributed by atoms with E-state index in [4.69, 9.17) is 4.42 Å². The molecule has 0 aliphatic rings. The molecule has 158 valence electrons. The summed E-state index contributed by atoms with van der Waals surface area (Å²) in [7, 11) is 1.71. The molecule has 0 radical (unpaired) electrons. The highest BCUT2D eigenvalue weighted by atomic mass is 16.4. The van der Waals surface area contributed by atoms with Gasteiger partial charge in [0.2, 0.25) is 5.89 Å². The number of nitrogens with one attached hydrogen (secondary N) is 4. The molecule has 0 atom stereocenters. The number of hydrogen-bond acceptors (Lipinski definition) is 4. The molecule has 0 bridgehead atoms. The maximum absolute atomic E-state index is 11.7. The van der Waals surface area contributed by atoms with Crippen molar-refractivity contribution >= 4 is 17.7 Å². The van der Waals surface area contributed by atoms with Crippen molar-refractivity contribution in [1.82, 2.24) is 20.9 Å². The van der Waals surface area contributed by atoms with Crippen molar-refractivity contribution in [2.75, 3.05) is 12.4 Å². The molecule has 0 saturated carbocycles. The van der Waals surface area contributed by atoms with Crippen LogP contribution in [0.25, 0.3) is 0 Å². The number of benzene rings is 1. The monoisotopic (exact) mass is 400 g/mol. The van der Waals surface area contributed by atoms with Crippen molar-refractivity contribution in [1.29, 1.82) is 0 Å². The lowest BCUT2D eigenvalue weighted by atomic mass is 9.94. The Labute approximate surface area is 172 Å². The van der Waals surface area contributed by atoms with Gasteiger partial charge in [0, 0.05) is 30.7 Å². The van der Waals surface area contributed by atoms with Gasteiger partial charge in [-0.15, -0.1) is 0 Å². The number of hydrogen-bond donors (Lipinski definition) is 4. The van der Waals surface area contributed by atoms with Crippen LogP contribution in [-0.2, 0) is 18.5 Å². The van der Waals surface area contributed by atoms with Gasteiger partial charge in [-0.1, -0.05) is 32.9 Å². The van der Waals surface area contributed by atoms with E-state index in [1.807, 2.05) is 38.1 Å². The highest BCUT2D eigenvalue weighted by molar-refractivity contribution is 5.89. The molecule has 2 aromatic rings. The van der Waals surface area contributed by atoms with Gasteiger partial charge in [0.25, 0.3) is 0 Å². The maximum atomic E-state index is 11.7. The molecule has 1 heterocycles. The van der Waals surface area contributed by atoms with E-state index < -0.39 is 0 Å². The number of carbonyl (C=O) groups is 1. The van der Waals surface area contributed by atoms with Crippen LogP contribution in [0.3, 0.4) is 0 Å². The Morgan fingerprint density at radius 2 is 1.79 bits per heavy atom. The minimum atomic E-state index is -0.211. The van der Waals surface area contributed by atoms with Crippen LogP contribution in [0.4, 0.5) is 10.5 Å². The lowest BCUT2D eigenvalue weighted by Gasteiger charge is -2.13. The molecule has 2 amide bonds. The summed E-state index contributed by atoms with van der Waals surface area (Å²) < 4.78 is 5.78. The van der Waals surface area contributed by atoms with Gasteiger partial charge in [0.1, 0.15) is 5.76 Å². The largest absolute Gasteiger partial charge is 0.443 e. The number of anilines is 1. The molecule has 0 spiro atoms. The fourth-order valence-electron chi connectivity index (χ4n) is 2.44. The van der Waals surface area contributed by atoms with Gasteiger partial charge in [0.15, 0.2) is 5.96 Å².